The van der Waals surface area contributed by atoms with Crippen LogP contribution in [0.1, 0.15) is 22.8 Å². The van der Waals surface area contributed by atoms with Gasteiger partial charge in [0.2, 0.25) is 0 Å². The Morgan fingerprint density at radius 1 is 0.284 bits per heavy atom. The van der Waals surface area contributed by atoms with Gasteiger partial charge < -0.3 is 9.97 Å². The first kappa shape index (κ1) is 65.3. The van der Waals surface area contributed by atoms with Crippen LogP contribution in [-0.4, -0.2) is 61.9 Å². The number of rotatable bonds is 8. The van der Waals surface area contributed by atoms with Crippen molar-refractivity contribution in [1.29, 1.82) is 0 Å². The van der Waals surface area contributed by atoms with E-state index in [4.69, 9.17) is 206 Å². The van der Waals surface area contributed by atoms with Crippen molar-refractivity contribution in [3.63, 3.8) is 0 Å². The molecule has 5 heterocycles. The van der Waals surface area contributed by atoms with Gasteiger partial charge >= 0.3 is 17.1 Å². The molecule has 4 N–H and O–H groups in total. The molecule has 37 heteroatoms. The average molecular weight is 1540 g/mol. The Balaban J connectivity index is 0.00000860. The van der Waals surface area contributed by atoms with Crippen molar-refractivity contribution in [1.82, 2.24) is 19.9 Å². The van der Waals surface area contributed by atoms with Crippen LogP contribution < -0.4 is 9.97 Å². The maximum Gasteiger partial charge on any atom is 2.00 e. The minimum atomic E-state index is -5.26. The summed E-state index contributed by atoms with van der Waals surface area (Å²) in [5, 5.41) is -10.6. The van der Waals surface area contributed by atoms with Crippen molar-refractivity contribution in [2.24, 2.45) is 0 Å². The van der Waals surface area contributed by atoms with Crippen LogP contribution in [0.25, 0.3) is 86.7 Å². The zero-order valence-corrected chi connectivity index (χ0v) is 54.0. The van der Waals surface area contributed by atoms with Crippen LogP contribution >= 0.6 is 186 Å². The van der Waals surface area contributed by atoms with Gasteiger partial charge in [0.05, 0.1) is 83.1 Å². The molecule has 2 aliphatic heterocycles. The molecular weight excluding hydrogens is 1530 g/mol. The summed E-state index contributed by atoms with van der Waals surface area (Å²) in [5.74, 6) is 0. The molecule has 0 spiro atoms. The average Bonchev–Trinajstić information content (AvgIpc) is 4.14. The second-order valence-electron chi connectivity index (χ2n) is 16.1. The van der Waals surface area contributed by atoms with Crippen molar-refractivity contribution in [3.8, 4) is 44.5 Å². The van der Waals surface area contributed by atoms with E-state index in [1.165, 1.54) is 0 Å². The number of hydrogen-bond donors (Lipinski definition) is 4. The number of hydrogen-bond acceptors (Lipinski definition) is 10. The van der Waals surface area contributed by atoms with E-state index in [-0.39, 0.29) is 17.1 Å². The third kappa shape index (κ3) is 11.1. The maximum atomic E-state index is 12.9. The Kier molecular flexibility index (Phi) is 18.6. The fourth-order valence-corrected chi connectivity index (χ4v) is 15.7. The summed E-state index contributed by atoms with van der Waals surface area (Å²) in [7, 11) is -21.1. The summed E-state index contributed by atoms with van der Waals surface area (Å²) in [6, 6.07) is 7.08. The molecule has 2 aliphatic rings. The Hall–Kier alpha value is -1.72. The van der Waals surface area contributed by atoms with Crippen molar-refractivity contribution in [2.45, 2.75) is 19.6 Å². The Morgan fingerprint density at radius 3 is 0.617 bits per heavy atom. The number of aromatic nitrogens is 4. The molecule has 424 valence electrons. The summed E-state index contributed by atoms with van der Waals surface area (Å²) in [5.41, 5.74) is -9.99. The van der Waals surface area contributed by atoms with E-state index in [1.807, 2.05) is 0 Å². The van der Waals surface area contributed by atoms with Gasteiger partial charge in [0.15, 0.2) is 0 Å². The maximum absolute atomic E-state index is 12.9. The van der Waals surface area contributed by atoms with Gasteiger partial charge in [-0.05, 0) is 70.8 Å². The largest absolute Gasteiger partial charge is 2.00 e. The molecule has 81 heavy (non-hydrogen) atoms. The minimum absolute atomic E-state index is 0. The van der Waals surface area contributed by atoms with Crippen LogP contribution in [-0.2, 0) is 57.5 Å². The smallest absolute Gasteiger partial charge is 0.654 e. The van der Waals surface area contributed by atoms with Crippen LogP contribution in [0, 0.1) is 0 Å². The second-order valence-corrected chi connectivity index (χ2v) is 27.8. The van der Waals surface area contributed by atoms with E-state index in [9.17, 15) is 51.9 Å². The Bertz CT molecular complexity index is 4220. The topological polar surface area (TPSA) is 271 Å². The molecule has 0 radical (unpaired) electrons. The fraction of sp³-hybridized carbons (Fsp3) is 0. The van der Waals surface area contributed by atoms with E-state index in [0.717, 1.165) is 48.5 Å². The molecule has 0 fully saturated rings. The first-order chi connectivity index (χ1) is 36.9. The summed E-state index contributed by atoms with van der Waals surface area (Å²) in [4.78, 5) is 14.9. The monoisotopic (exact) mass is 1530 g/mol. The third-order valence-corrected chi connectivity index (χ3v) is 21.8. The van der Waals surface area contributed by atoms with Gasteiger partial charge in [0.25, 0.3) is 40.5 Å². The van der Waals surface area contributed by atoms with Gasteiger partial charge in [-0.15, -0.1) is 22.1 Å². The molecule has 4 aromatic carbocycles. The first-order valence-corrected chi connectivity index (χ1v) is 32.1. The van der Waals surface area contributed by atoms with E-state index in [0.29, 0.717) is 0 Å². The Labute approximate surface area is 546 Å². The molecule has 16 nitrogen and oxygen atoms in total. The Morgan fingerprint density at radius 2 is 0.457 bits per heavy atom. The molecule has 0 saturated carbocycles. The van der Waals surface area contributed by atoms with Gasteiger partial charge in [0.1, 0.15) is 19.6 Å². The molecular formula is C44H12Cl16FeN4O12S4. The summed E-state index contributed by atoms with van der Waals surface area (Å²) in [6.07, 6.45) is 0. The SMILES string of the molecule is O=S(=O)(O)c1ccc(Cl)c(-c2c3nc(c(-c4c(Cl)ccc(S(=O)(=O)O)c4Cl)c4[n-]c(c(Cl)c4Cl)c(-c4c(Cl)ccc(S(=O)(=O)O)c4Cl)c4nc(c(-c5c(Cl)ccc(S(=O)(=O)O)c5Cl)c5[n-]c2c(Cl)c5Cl)C(Cl)=C4Cl)C(Cl)=C3Cl)c1Cl.[Fe+2]. The normalized spacial score (nSPS) is 13.4. The molecule has 3 aromatic heterocycles. The number of halogens is 16. The van der Waals surface area contributed by atoms with Crippen LogP contribution in [0.5, 0.6) is 0 Å². The summed E-state index contributed by atoms with van der Waals surface area (Å²) < 4.78 is 145. The second kappa shape index (κ2) is 23.1. The zero-order valence-electron chi connectivity index (χ0n) is 37.5. The van der Waals surface area contributed by atoms with Crippen molar-refractivity contribution >= 4 is 268 Å². The van der Waals surface area contributed by atoms with E-state index >= 15 is 0 Å². The van der Waals surface area contributed by atoms with E-state index in [2.05, 4.69) is 0 Å². The van der Waals surface area contributed by atoms with Crippen LogP contribution in [0.15, 0.2) is 68.1 Å². The molecule has 0 atom stereocenters. The summed E-state index contributed by atoms with van der Waals surface area (Å²) in [6.45, 7) is 0. The van der Waals surface area contributed by atoms with Crippen molar-refractivity contribution in [3.05, 3.63) is 132 Å². The van der Waals surface area contributed by atoms with Gasteiger partial charge in [-0.25, -0.2) is 9.97 Å². The first-order valence-electron chi connectivity index (χ1n) is 20.3. The standard InChI is InChI=1S/C44H12Cl16N4O12S4.Fe/c45-9-1-5-13(77(65,66)67)25(49)17(9)21-37-29(53)31(55)39(61-37)22(18-10(46)2-6-14(26(18)50)78(68,69)70)41-33(57)35(59)43(63-41)24(20-12(48)4-8-16(28(20)52)80(74,75)76)44-36(60)34(58)42(64-44)23(40-32(56)30(54)38(21)62-40)19-11(47)3-7-15(27(19)51)79(71,72)73;/h1-8H,(H,65,66,67)(H,68,69,70)(H,71,72,73)(H,74,75,76);/q-2;+2. The van der Waals surface area contributed by atoms with Crippen LogP contribution in [0.3, 0.4) is 0 Å². The summed E-state index contributed by atoms with van der Waals surface area (Å²) >= 11 is 112. The molecule has 0 aliphatic carbocycles. The fourth-order valence-electron chi connectivity index (χ4n) is 8.24. The van der Waals surface area contributed by atoms with Crippen LogP contribution in [0.4, 0.5) is 0 Å². The predicted octanol–water partition coefficient (Wildman–Crippen LogP) is 17.7. The van der Waals surface area contributed by atoms with E-state index < -0.39 is 230 Å². The van der Waals surface area contributed by atoms with E-state index in [1.54, 1.807) is 0 Å². The predicted molar refractivity (Wildman–Crippen MR) is 317 cm³/mol. The zero-order chi connectivity index (χ0) is 59.3. The number of nitrogens with zero attached hydrogens (tertiary/aromatic N) is 4. The molecule has 7 aromatic rings. The van der Waals surface area contributed by atoms with Gasteiger partial charge in [-0.3, -0.25) is 18.2 Å². The quantitative estimate of drug-likeness (QED) is 0.0813. The molecule has 0 saturated heterocycles. The molecule has 0 unspecified atom stereocenters. The minimum Gasteiger partial charge on any atom is -0.654 e. The molecule has 9 rings (SSSR count). The van der Waals surface area contributed by atoms with Gasteiger partial charge in [0, 0.05) is 42.3 Å². The van der Waals surface area contributed by atoms with Crippen LogP contribution in [0.2, 0.25) is 60.3 Å². The van der Waals surface area contributed by atoms with Gasteiger partial charge in [-0.2, -0.15) is 33.7 Å². The van der Waals surface area contributed by atoms with Crippen molar-refractivity contribution in [2.75, 3.05) is 0 Å². The third-order valence-electron chi connectivity index (χ3n) is 11.6. The molecule has 8 bridgehead atoms. The van der Waals surface area contributed by atoms with Crippen molar-refractivity contribution < 1.29 is 69.0 Å². The molecule has 0 amide bonds. The number of fused-ring (bicyclic) bond motifs is 8. The number of benzene rings is 4. The van der Waals surface area contributed by atoms with Gasteiger partial charge in [-0.1, -0.05) is 186 Å².